The second-order valence-electron chi connectivity index (χ2n) is 3.04. The maximum Gasteiger partial charge on any atom is 0.0897 e. The average molecular weight is 224 g/mol. The predicted molar refractivity (Wildman–Crippen MR) is 61.7 cm³/mol. The first kappa shape index (κ1) is 9.83. The number of nitrogens with zero attached hydrogens (tertiary/aromatic N) is 1. The minimum absolute atomic E-state index is 0.863. The van der Waals surface area contributed by atoms with Gasteiger partial charge in [0.05, 0.1) is 10.7 Å². The lowest BCUT2D eigenvalue weighted by atomic mass is 10.4. The first-order valence-corrected chi connectivity index (χ1v) is 6.24. The summed E-state index contributed by atoms with van der Waals surface area (Å²) in [6.45, 7) is 3.84. The third-order valence-corrected chi connectivity index (χ3v) is 3.55. The highest BCUT2D eigenvalue weighted by Crippen LogP contribution is 2.09. The van der Waals surface area contributed by atoms with E-state index in [4.69, 9.17) is 0 Å². The van der Waals surface area contributed by atoms with Gasteiger partial charge in [-0.15, -0.1) is 22.7 Å². The summed E-state index contributed by atoms with van der Waals surface area (Å²) in [6.07, 6.45) is 0. The summed E-state index contributed by atoms with van der Waals surface area (Å²) in [4.78, 5) is 5.76. The number of thiophene rings is 1. The molecular formula is C10H12N2S2. The zero-order chi connectivity index (χ0) is 9.80. The Balaban J connectivity index is 1.78. The Morgan fingerprint density at radius 3 is 2.93 bits per heavy atom. The number of thiazole rings is 1. The van der Waals surface area contributed by atoms with Gasteiger partial charge in [-0.2, -0.15) is 0 Å². The van der Waals surface area contributed by atoms with Gasteiger partial charge in [0.15, 0.2) is 0 Å². The standard InChI is InChI=1S/C10H12N2S2/c1-8-12-9(7-14-8)5-11-6-10-3-2-4-13-10/h2-4,7,11H,5-6H2,1H3. The fraction of sp³-hybridized carbons (Fsp3) is 0.300. The summed E-state index contributed by atoms with van der Waals surface area (Å²) in [5.74, 6) is 0. The zero-order valence-corrected chi connectivity index (χ0v) is 9.62. The first-order chi connectivity index (χ1) is 6.84. The first-order valence-electron chi connectivity index (χ1n) is 4.49. The van der Waals surface area contributed by atoms with Gasteiger partial charge < -0.3 is 5.32 Å². The third-order valence-electron chi connectivity index (χ3n) is 1.85. The molecule has 0 aliphatic rings. The number of rotatable bonds is 4. The van der Waals surface area contributed by atoms with Crippen molar-refractivity contribution in [2.75, 3.05) is 0 Å². The van der Waals surface area contributed by atoms with E-state index in [-0.39, 0.29) is 0 Å². The molecule has 0 atom stereocenters. The number of aryl methyl sites for hydroxylation is 1. The SMILES string of the molecule is Cc1nc(CNCc2cccs2)cs1. The molecule has 0 aromatic carbocycles. The van der Waals surface area contributed by atoms with Gasteiger partial charge in [0.25, 0.3) is 0 Å². The fourth-order valence-corrected chi connectivity index (χ4v) is 2.50. The minimum Gasteiger partial charge on any atom is -0.306 e. The van der Waals surface area contributed by atoms with Gasteiger partial charge in [-0.05, 0) is 18.4 Å². The average Bonchev–Trinajstić information content (AvgIpc) is 2.77. The Morgan fingerprint density at radius 1 is 1.36 bits per heavy atom. The van der Waals surface area contributed by atoms with Crippen molar-refractivity contribution in [1.82, 2.24) is 10.3 Å². The van der Waals surface area contributed by atoms with Crippen molar-refractivity contribution in [2.45, 2.75) is 20.0 Å². The van der Waals surface area contributed by atoms with Crippen LogP contribution < -0.4 is 5.32 Å². The van der Waals surface area contributed by atoms with Crippen LogP contribution in [0.2, 0.25) is 0 Å². The quantitative estimate of drug-likeness (QED) is 0.864. The molecule has 0 unspecified atom stereocenters. The lowest BCUT2D eigenvalue weighted by molar-refractivity contribution is 0.688. The van der Waals surface area contributed by atoms with E-state index in [1.165, 1.54) is 4.88 Å². The number of hydrogen-bond acceptors (Lipinski definition) is 4. The monoisotopic (exact) mass is 224 g/mol. The van der Waals surface area contributed by atoms with Gasteiger partial charge >= 0.3 is 0 Å². The second-order valence-corrected chi connectivity index (χ2v) is 5.14. The van der Waals surface area contributed by atoms with Crippen molar-refractivity contribution in [3.8, 4) is 0 Å². The van der Waals surface area contributed by atoms with Crippen LogP contribution in [0.3, 0.4) is 0 Å². The van der Waals surface area contributed by atoms with E-state index < -0.39 is 0 Å². The van der Waals surface area contributed by atoms with Crippen molar-refractivity contribution in [3.05, 3.63) is 38.5 Å². The lowest BCUT2D eigenvalue weighted by Gasteiger charge is -1.99. The third kappa shape index (κ3) is 2.64. The van der Waals surface area contributed by atoms with Crippen LogP contribution in [0.5, 0.6) is 0 Å². The second kappa shape index (κ2) is 4.68. The van der Waals surface area contributed by atoms with Crippen molar-refractivity contribution in [1.29, 1.82) is 0 Å². The van der Waals surface area contributed by atoms with Gasteiger partial charge in [0.2, 0.25) is 0 Å². The van der Waals surface area contributed by atoms with E-state index in [0.717, 1.165) is 23.8 Å². The maximum absolute atomic E-state index is 4.39. The predicted octanol–water partition coefficient (Wildman–Crippen LogP) is 2.80. The number of nitrogens with one attached hydrogen (secondary N) is 1. The fourth-order valence-electron chi connectivity index (χ4n) is 1.22. The van der Waals surface area contributed by atoms with Crippen LogP contribution in [-0.4, -0.2) is 4.98 Å². The van der Waals surface area contributed by atoms with E-state index in [0.29, 0.717) is 0 Å². The van der Waals surface area contributed by atoms with E-state index in [2.05, 4.69) is 33.2 Å². The molecule has 2 nitrogen and oxygen atoms in total. The van der Waals surface area contributed by atoms with Crippen LogP contribution in [0.4, 0.5) is 0 Å². The Labute approximate surface area is 91.6 Å². The topological polar surface area (TPSA) is 24.9 Å². The molecular weight excluding hydrogens is 212 g/mol. The molecule has 1 N–H and O–H groups in total. The Bertz CT molecular complexity index is 378. The lowest BCUT2D eigenvalue weighted by Crippen LogP contribution is -2.11. The smallest absolute Gasteiger partial charge is 0.0897 e. The molecule has 0 radical (unpaired) electrons. The van der Waals surface area contributed by atoms with Crippen LogP contribution in [0.15, 0.2) is 22.9 Å². The summed E-state index contributed by atoms with van der Waals surface area (Å²) in [5.41, 5.74) is 1.14. The van der Waals surface area contributed by atoms with Gasteiger partial charge in [0.1, 0.15) is 0 Å². The molecule has 2 rings (SSSR count). The van der Waals surface area contributed by atoms with Crippen molar-refractivity contribution in [3.63, 3.8) is 0 Å². The van der Waals surface area contributed by atoms with Crippen LogP contribution in [-0.2, 0) is 13.1 Å². The van der Waals surface area contributed by atoms with E-state index >= 15 is 0 Å². The van der Waals surface area contributed by atoms with Gasteiger partial charge in [-0.25, -0.2) is 4.98 Å². The highest BCUT2D eigenvalue weighted by molar-refractivity contribution is 7.10. The molecule has 0 saturated heterocycles. The largest absolute Gasteiger partial charge is 0.306 e. The molecule has 0 aliphatic heterocycles. The van der Waals surface area contributed by atoms with Crippen molar-refractivity contribution in [2.24, 2.45) is 0 Å². The number of aromatic nitrogens is 1. The Kier molecular flexibility index (Phi) is 3.29. The van der Waals surface area contributed by atoms with Crippen LogP contribution in [0, 0.1) is 6.92 Å². The molecule has 0 bridgehead atoms. The van der Waals surface area contributed by atoms with Crippen molar-refractivity contribution < 1.29 is 0 Å². The van der Waals surface area contributed by atoms with Crippen molar-refractivity contribution >= 4 is 22.7 Å². The molecule has 2 heterocycles. The molecule has 2 aromatic heterocycles. The molecule has 0 spiro atoms. The summed E-state index contributed by atoms with van der Waals surface area (Å²) < 4.78 is 0. The summed E-state index contributed by atoms with van der Waals surface area (Å²) >= 11 is 3.49. The molecule has 4 heteroatoms. The highest BCUT2D eigenvalue weighted by atomic mass is 32.1. The maximum atomic E-state index is 4.39. The Morgan fingerprint density at radius 2 is 2.29 bits per heavy atom. The molecule has 0 fully saturated rings. The van der Waals surface area contributed by atoms with Gasteiger partial charge in [-0.3, -0.25) is 0 Å². The van der Waals surface area contributed by atoms with Gasteiger partial charge in [0, 0.05) is 23.3 Å². The van der Waals surface area contributed by atoms with Crippen LogP contribution >= 0.6 is 22.7 Å². The number of hydrogen-bond donors (Lipinski definition) is 1. The summed E-state index contributed by atoms with van der Waals surface area (Å²) in [7, 11) is 0. The van der Waals surface area contributed by atoms with E-state index in [1.807, 2.05) is 6.92 Å². The van der Waals surface area contributed by atoms with Crippen LogP contribution in [0.1, 0.15) is 15.6 Å². The van der Waals surface area contributed by atoms with E-state index in [1.54, 1.807) is 22.7 Å². The molecule has 74 valence electrons. The normalized spacial score (nSPS) is 10.6. The van der Waals surface area contributed by atoms with Gasteiger partial charge in [-0.1, -0.05) is 6.07 Å². The summed E-state index contributed by atoms with van der Waals surface area (Å²) in [6, 6.07) is 4.22. The van der Waals surface area contributed by atoms with E-state index in [9.17, 15) is 0 Å². The molecule has 0 saturated carbocycles. The highest BCUT2D eigenvalue weighted by Gasteiger charge is 1.97. The molecule has 0 amide bonds. The zero-order valence-electron chi connectivity index (χ0n) is 7.99. The minimum atomic E-state index is 0.863. The molecule has 14 heavy (non-hydrogen) atoms. The summed E-state index contributed by atoms with van der Waals surface area (Å²) in [5, 5.41) is 8.72. The molecule has 2 aromatic rings. The van der Waals surface area contributed by atoms with Crippen LogP contribution in [0.25, 0.3) is 0 Å². The molecule has 0 aliphatic carbocycles. The Hall–Kier alpha value is -0.710.